The Morgan fingerprint density at radius 2 is 1.88 bits per heavy atom. The van der Waals surface area contributed by atoms with E-state index in [-0.39, 0.29) is 0 Å². The predicted molar refractivity (Wildman–Crippen MR) is 65.8 cm³/mol. The molecular formula is C12H13BrO4. The minimum atomic E-state index is -0.805. The van der Waals surface area contributed by atoms with Crippen LogP contribution in [0, 0.1) is 0 Å². The van der Waals surface area contributed by atoms with Crippen LogP contribution in [-0.4, -0.2) is 25.3 Å². The standard InChI is InChI=1S/C12H13BrO4/c1-16-9-7(12(5-6-12)11(14)15)3-4-8(13)10(9)17-2/h3-4H,5-6H2,1-2H3,(H,14,15). The molecular weight excluding hydrogens is 288 g/mol. The third-order valence-electron chi connectivity index (χ3n) is 3.15. The Morgan fingerprint density at radius 3 is 2.29 bits per heavy atom. The average molecular weight is 301 g/mol. The summed E-state index contributed by atoms with van der Waals surface area (Å²) in [6.45, 7) is 0. The van der Waals surface area contributed by atoms with Gasteiger partial charge >= 0.3 is 5.97 Å². The SMILES string of the molecule is COc1c(Br)ccc(C2(C(=O)O)CC2)c1OC. The van der Waals surface area contributed by atoms with E-state index in [1.165, 1.54) is 14.2 Å². The molecule has 0 aromatic heterocycles. The Hall–Kier alpha value is -1.23. The number of methoxy groups -OCH3 is 2. The molecule has 0 spiro atoms. The molecule has 0 radical (unpaired) electrons. The van der Waals surface area contributed by atoms with E-state index in [1.807, 2.05) is 0 Å². The second-order valence-corrected chi connectivity index (χ2v) is 4.90. The van der Waals surface area contributed by atoms with Crippen molar-refractivity contribution < 1.29 is 19.4 Å². The van der Waals surface area contributed by atoms with Crippen molar-refractivity contribution in [3.05, 3.63) is 22.2 Å². The Bertz CT molecular complexity index is 466. The number of carboxylic acid groups (broad SMARTS) is 1. The molecule has 0 heterocycles. The maximum atomic E-state index is 11.3. The van der Waals surface area contributed by atoms with Gasteiger partial charge in [0.15, 0.2) is 11.5 Å². The van der Waals surface area contributed by atoms with Crippen LogP contribution < -0.4 is 9.47 Å². The van der Waals surface area contributed by atoms with Crippen LogP contribution in [0.5, 0.6) is 11.5 Å². The largest absolute Gasteiger partial charge is 0.492 e. The molecule has 1 fully saturated rings. The number of halogens is 1. The number of aliphatic carboxylic acids is 1. The second kappa shape index (κ2) is 4.22. The van der Waals surface area contributed by atoms with Crippen molar-refractivity contribution in [2.75, 3.05) is 14.2 Å². The monoisotopic (exact) mass is 300 g/mol. The molecule has 1 saturated carbocycles. The molecule has 17 heavy (non-hydrogen) atoms. The average Bonchev–Trinajstić information content (AvgIpc) is 3.09. The summed E-state index contributed by atoms with van der Waals surface area (Å²) in [5.74, 6) is 0.236. The first-order chi connectivity index (χ1) is 8.06. The van der Waals surface area contributed by atoms with Gasteiger partial charge in [-0.2, -0.15) is 0 Å². The maximum Gasteiger partial charge on any atom is 0.314 e. The van der Waals surface area contributed by atoms with Crippen LogP contribution in [0.3, 0.4) is 0 Å². The van der Waals surface area contributed by atoms with E-state index in [0.717, 1.165) is 4.47 Å². The van der Waals surface area contributed by atoms with Crippen molar-refractivity contribution in [2.24, 2.45) is 0 Å². The lowest BCUT2D eigenvalue weighted by molar-refractivity contribution is -0.140. The van der Waals surface area contributed by atoms with Gasteiger partial charge in [-0.15, -0.1) is 0 Å². The van der Waals surface area contributed by atoms with E-state index in [4.69, 9.17) is 9.47 Å². The number of hydrogen-bond donors (Lipinski definition) is 1. The zero-order chi connectivity index (χ0) is 12.6. The van der Waals surface area contributed by atoms with E-state index in [2.05, 4.69) is 15.9 Å². The highest BCUT2D eigenvalue weighted by molar-refractivity contribution is 9.10. The highest BCUT2D eigenvalue weighted by atomic mass is 79.9. The summed E-state index contributed by atoms with van der Waals surface area (Å²) in [5, 5.41) is 9.30. The van der Waals surface area contributed by atoms with Crippen molar-refractivity contribution in [1.82, 2.24) is 0 Å². The molecule has 0 saturated heterocycles. The Balaban J connectivity index is 2.59. The Labute approximate surface area is 108 Å². The number of benzene rings is 1. The topological polar surface area (TPSA) is 55.8 Å². The van der Waals surface area contributed by atoms with Gasteiger partial charge in [-0.05, 0) is 34.8 Å². The highest BCUT2D eigenvalue weighted by Crippen LogP contribution is 2.54. The number of hydrogen-bond acceptors (Lipinski definition) is 3. The van der Waals surface area contributed by atoms with Gasteiger partial charge in [0, 0.05) is 5.56 Å². The number of ether oxygens (including phenoxy) is 2. The summed E-state index contributed by atoms with van der Waals surface area (Å²) in [6, 6.07) is 3.58. The second-order valence-electron chi connectivity index (χ2n) is 4.05. The van der Waals surface area contributed by atoms with Crippen LogP contribution in [-0.2, 0) is 10.2 Å². The fourth-order valence-corrected chi connectivity index (χ4v) is 2.51. The van der Waals surface area contributed by atoms with Crippen molar-refractivity contribution in [3.63, 3.8) is 0 Å². The Morgan fingerprint density at radius 1 is 1.29 bits per heavy atom. The van der Waals surface area contributed by atoms with Crippen molar-refractivity contribution in [1.29, 1.82) is 0 Å². The van der Waals surface area contributed by atoms with Crippen LogP contribution >= 0.6 is 15.9 Å². The van der Waals surface area contributed by atoms with Gasteiger partial charge in [-0.1, -0.05) is 6.07 Å². The van der Waals surface area contributed by atoms with Gasteiger partial charge in [0.1, 0.15) is 0 Å². The summed E-state index contributed by atoms with van der Waals surface area (Å²) in [4.78, 5) is 11.3. The molecule has 1 aromatic rings. The third-order valence-corrected chi connectivity index (χ3v) is 3.77. The molecule has 0 atom stereocenters. The summed E-state index contributed by atoms with van der Waals surface area (Å²) in [5.41, 5.74) is -0.105. The van der Waals surface area contributed by atoms with E-state index in [0.29, 0.717) is 29.9 Å². The predicted octanol–water partition coefficient (Wildman–Crippen LogP) is 2.58. The molecule has 2 rings (SSSR count). The fraction of sp³-hybridized carbons (Fsp3) is 0.417. The lowest BCUT2D eigenvalue weighted by atomic mass is 9.95. The van der Waals surface area contributed by atoms with Gasteiger partial charge in [-0.3, -0.25) is 4.79 Å². The highest BCUT2D eigenvalue weighted by Gasteiger charge is 2.53. The zero-order valence-electron chi connectivity index (χ0n) is 9.62. The molecule has 92 valence electrons. The van der Waals surface area contributed by atoms with Gasteiger partial charge in [0.2, 0.25) is 0 Å². The molecule has 1 aliphatic rings. The summed E-state index contributed by atoms with van der Waals surface area (Å²) < 4.78 is 11.3. The zero-order valence-corrected chi connectivity index (χ0v) is 11.2. The number of carboxylic acids is 1. The first-order valence-corrected chi connectivity index (χ1v) is 6.00. The van der Waals surface area contributed by atoms with E-state index in [9.17, 15) is 9.90 Å². The summed E-state index contributed by atoms with van der Waals surface area (Å²) in [6.07, 6.45) is 1.28. The molecule has 0 bridgehead atoms. The first kappa shape index (κ1) is 12.2. The third kappa shape index (κ3) is 1.78. The quantitative estimate of drug-likeness (QED) is 0.928. The van der Waals surface area contributed by atoms with Crippen LogP contribution in [0.4, 0.5) is 0 Å². The van der Waals surface area contributed by atoms with Gasteiger partial charge < -0.3 is 14.6 Å². The molecule has 1 aromatic carbocycles. The number of rotatable bonds is 4. The molecule has 0 unspecified atom stereocenters. The van der Waals surface area contributed by atoms with E-state index < -0.39 is 11.4 Å². The lowest BCUT2D eigenvalue weighted by Crippen LogP contribution is -2.20. The minimum absolute atomic E-state index is 0.502. The van der Waals surface area contributed by atoms with Crippen LogP contribution in [0.25, 0.3) is 0 Å². The van der Waals surface area contributed by atoms with E-state index in [1.54, 1.807) is 12.1 Å². The lowest BCUT2D eigenvalue weighted by Gasteiger charge is -2.18. The fourth-order valence-electron chi connectivity index (χ4n) is 2.03. The van der Waals surface area contributed by atoms with E-state index >= 15 is 0 Å². The maximum absolute atomic E-state index is 11.3. The van der Waals surface area contributed by atoms with Gasteiger partial charge in [-0.25, -0.2) is 0 Å². The van der Waals surface area contributed by atoms with Crippen molar-refractivity contribution >= 4 is 21.9 Å². The molecule has 5 heteroatoms. The van der Waals surface area contributed by atoms with Crippen LogP contribution in [0.1, 0.15) is 18.4 Å². The molecule has 0 amide bonds. The molecule has 4 nitrogen and oxygen atoms in total. The van der Waals surface area contributed by atoms with Gasteiger partial charge in [0.05, 0.1) is 24.1 Å². The smallest absolute Gasteiger partial charge is 0.314 e. The Kier molecular flexibility index (Phi) is 3.03. The van der Waals surface area contributed by atoms with Gasteiger partial charge in [0.25, 0.3) is 0 Å². The summed E-state index contributed by atoms with van der Waals surface area (Å²) >= 11 is 3.35. The van der Waals surface area contributed by atoms with Crippen LogP contribution in [0.15, 0.2) is 16.6 Å². The number of carbonyl (C=O) groups is 1. The molecule has 0 aliphatic heterocycles. The summed E-state index contributed by atoms with van der Waals surface area (Å²) in [7, 11) is 3.05. The van der Waals surface area contributed by atoms with Crippen molar-refractivity contribution in [2.45, 2.75) is 18.3 Å². The minimum Gasteiger partial charge on any atom is -0.492 e. The van der Waals surface area contributed by atoms with Crippen LogP contribution in [0.2, 0.25) is 0 Å². The normalized spacial score (nSPS) is 16.4. The first-order valence-electron chi connectivity index (χ1n) is 5.21. The molecule has 1 aliphatic carbocycles. The van der Waals surface area contributed by atoms with Crippen molar-refractivity contribution in [3.8, 4) is 11.5 Å². The molecule has 1 N–H and O–H groups in total.